The molecule has 0 bridgehead atoms. The van der Waals surface area contributed by atoms with Gasteiger partial charge in [0.25, 0.3) is 0 Å². The molecule has 0 amide bonds. The van der Waals surface area contributed by atoms with Crippen molar-refractivity contribution in [3.63, 3.8) is 0 Å². The molecule has 0 saturated heterocycles. The Balaban J connectivity index is 2.09. The lowest BCUT2D eigenvalue weighted by Crippen LogP contribution is -2.05. The first-order valence-electron chi connectivity index (χ1n) is 6.14. The fourth-order valence-electron chi connectivity index (χ4n) is 2.02. The first kappa shape index (κ1) is 12.7. The lowest BCUT2D eigenvalue weighted by atomic mass is 10.0. The number of carbonyl (C=O) groups excluding carboxylic acids is 1. The minimum atomic E-state index is 0.253. The second-order valence-corrected chi connectivity index (χ2v) is 4.30. The zero-order valence-corrected chi connectivity index (χ0v) is 10.6. The molecule has 0 fully saturated rings. The van der Waals surface area contributed by atoms with Gasteiger partial charge in [-0.05, 0) is 24.1 Å². The Labute approximate surface area is 107 Å². The molecule has 0 radical (unpaired) electrons. The summed E-state index contributed by atoms with van der Waals surface area (Å²) < 4.78 is 4.95. The summed E-state index contributed by atoms with van der Waals surface area (Å²) in [6.45, 7) is 0.642. The quantitative estimate of drug-likeness (QED) is 0.732. The summed E-state index contributed by atoms with van der Waals surface area (Å²) >= 11 is 0. The van der Waals surface area contributed by atoms with Crippen LogP contribution >= 0.6 is 0 Å². The number of hydrogen-bond acceptors (Lipinski definition) is 3. The number of ether oxygens (including phenoxy) is 1. The highest BCUT2D eigenvalue weighted by Crippen LogP contribution is 2.17. The summed E-state index contributed by atoms with van der Waals surface area (Å²) in [4.78, 5) is 16.1. The van der Waals surface area contributed by atoms with E-state index in [1.54, 1.807) is 13.3 Å². The second-order valence-electron chi connectivity index (χ2n) is 4.30. The zero-order valence-electron chi connectivity index (χ0n) is 10.6. The molecule has 0 aliphatic carbocycles. The number of aromatic nitrogens is 1. The summed E-state index contributed by atoms with van der Waals surface area (Å²) in [6, 6.07) is 9.84. The first-order valence-corrected chi connectivity index (χ1v) is 6.14. The fourth-order valence-corrected chi connectivity index (χ4v) is 2.02. The minimum Gasteiger partial charge on any atom is -0.385 e. The number of rotatable bonds is 6. The van der Waals surface area contributed by atoms with Crippen LogP contribution in [0.4, 0.5) is 0 Å². The van der Waals surface area contributed by atoms with Gasteiger partial charge in [0.15, 0.2) is 0 Å². The molecule has 0 atom stereocenters. The van der Waals surface area contributed by atoms with E-state index in [1.165, 1.54) is 0 Å². The molecule has 94 valence electrons. The average Bonchev–Trinajstić information content (AvgIpc) is 2.39. The number of carbonyl (C=O) groups is 1. The topological polar surface area (TPSA) is 39.2 Å². The summed E-state index contributed by atoms with van der Waals surface area (Å²) in [5.74, 6) is 0.253. The molecule has 3 heteroatoms. The van der Waals surface area contributed by atoms with Crippen LogP contribution in [-0.2, 0) is 16.0 Å². The molecular formula is C15H17NO2. The number of methoxy groups -OCH3 is 1. The molecule has 0 spiro atoms. The molecule has 1 heterocycles. The van der Waals surface area contributed by atoms with Crippen molar-refractivity contribution in [2.45, 2.75) is 19.3 Å². The number of fused-ring (bicyclic) bond motifs is 1. The van der Waals surface area contributed by atoms with Gasteiger partial charge in [-0.2, -0.15) is 0 Å². The number of hydrogen-bond donors (Lipinski definition) is 0. The van der Waals surface area contributed by atoms with E-state index in [1.807, 2.05) is 30.3 Å². The van der Waals surface area contributed by atoms with Crippen molar-refractivity contribution in [3.05, 3.63) is 42.1 Å². The molecule has 0 N–H and O–H groups in total. The first-order chi connectivity index (χ1) is 8.81. The molecular weight excluding hydrogens is 226 g/mol. The molecule has 1 aromatic carbocycles. The van der Waals surface area contributed by atoms with Gasteiger partial charge in [-0.15, -0.1) is 0 Å². The molecule has 1 aromatic heterocycles. The number of pyridine rings is 1. The number of para-hydroxylation sites is 1. The van der Waals surface area contributed by atoms with Crippen molar-refractivity contribution >= 4 is 16.7 Å². The normalized spacial score (nSPS) is 10.7. The highest BCUT2D eigenvalue weighted by atomic mass is 16.5. The third-order valence-electron chi connectivity index (χ3n) is 2.93. The third kappa shape index (κ3) is 3.14. The van der Waals surface area contributed by atoms with E-state index in [9.17, 15) is 4.79 Å². The maximum atomic E-state index is 11.9. The molecule has 3 nitrogen and oxygen atoms in total. The van der Waals surface area contributed by atoms with Gasteiger partial charge < -0.3 is 4.74 Å². The average molecular weight is 243 g/mol. The molecule has 0 saturated carbocycles. The van der Waals surface area contributed by atoms with Crippen molar-refractivity contribution in [2.24, 2.45) is 0 Å². The molecule has 0 aliphatic heterocycles. The summed E-state index contributed by atoms with van der Waals surface area (Å²) in [5.41, 5.74) is 2.00. The van der Waals surface area contributed by atoms with Crippen LogP contribution < -0.4 is 0 Å². The number of Topliss-reactive ketones (excluding diaryl/α,β-unsaturated/α-hetero) is 1. The van der Waals surface area contributed by atoms with Gasteiger partial charge in [-0.25, -0.2) is 0 Å². The van der Waals surface area contributed by atoms with Gasteiger partial charge in [0, 0.05) is 38.1 Å². The van der Waals surface area contributed by atoms with Gasteiger partial charge in [-0.1, -0.05) is 18.2 Å². The molecule has 0 aliphatic rings. The van der Waals surface area contributed by atoms with E-state index in [4.69, 9.17) is 4.74 Å². The van der Waals surface area contributed by atoms with Gasteiger partial charge >= 0.3 is 0 Å². The van der Waals surface area contributed by atoms with Gasteiger partial charge in [0.05, 0.1) is 5.52 Å². The molecule has 0 unspecified atom stereocenters. The van der Waals surface area contributed by atoms with Crippen LogP contribution in [0.2, 0.25) is 0 Å². The predicted octanol–water partition coefficient (Wildman–Crippen LogP) is 2.77. The smallest absolute Gasteiger partial charge is 0.137 e. The van der Waals surface area contributed by atoms with Crippen LogP contribution in [0, 0.1) is 0 Å². The minimum absolute atomic E-state index is 0.253. The van der Waals surface area contributed by atoms with Crippen molar-refractivity contribution in [2.75, 3.05) is 13.7 Å². The molecule has 2 rings (SSSR count). The fraction of sp³-hybridized carbons (Fsp3) is 0.333. The Kier molecular flexibility index (Phi) is 4.42. The SMILES string of the molecule is COCCCC(=O)Cc1ccnc2ccccc12. The van der Waals surface area contributed by atoms with Gasteiger partial charge in [0.1, 0.15) is 5.78 Å². The standard InChI is InChI=1S/C15H17NO2/c1-18-10-4-5-13(17)11-12-8-9-16-15-7-3-2-6-14(12)15/h2-3,6-9H,4-5,10-11H2,1H3. The number of nitrogens with zero attached hydrogens (tertiary/aromatic N) is 1. The summed E-state index contributed by atoms with van der Waals surface area (Å²) in [5, 5.41) is 1.07. The highest BCUT2D eigenvalue weighted by molar-refractivity contribution is 5.88. The maximum Gasteiger partial charge on any atom is 0.137 e. The van der Waals surface area contributed by atoms with Crippen LogP contribution in [0.1, 0.15) is 18.4 Å². The van der Waals surface area contributed by atoms with E-state index >= 15 is 0 Å². The monoisotopic (exact) mass is 243 g/mol. The van der Waals surface area contributed by atoms with Crippen molar-refractivity contribution < 1.29 is 9.53 Å². The Morgan fingerprint density at radius 3 is 2.94 bits per heavy atom. The third-order valence-corrected chi connectivity index (χ3v) is 2.93. The van der Waals surface area contributed by atoms with Crippen LogP contribution in [0.5, 0.6) is 0 Å². The highest BCUT2D eigenvalue weighted by Gasteiger charge is 2.07. The van der Waals surface area contributed by atoms with Crippen molar-refractivity contribution in [1.82, 2.24) is 4.98 Å². The maximum absolute atomic E-state index is 11.9. The largest absolute Gasteiger partial charge is 0.385 e. The predicted molar refractivity (Wildman–Crippen MR) is 71.6 cm³/mol. The van der Waals surface area contributed by atoms with Crippen molar-refractivity contribution in [1.29, 1.82) is 0 Å². The summed E-state index contributed by atoms with van der Waals surface area (Å²) in [7, 11) is 1.65. The Hall–Kier alpha value is -1.74. The van der Waals surface area contributed by atoms with Crippen LogP contribution in [0.3, 0.4) is 0 Å². The van der Waals surface area contributed by atoms with E-state index in [-0.39, 0.29) is 5.78 Å². The lowest BCUT2D eigenvalue weighted by Gasteiger charge is -2.05. The van der Waals surface area contributed by atoms with E-state index in [2.05, 4.69) is 4.98 Å². The van der Waals surface area contributed by atoms with E-state index in [0.29, 0.717) is 19.4 Å². The zero-order chi connectivity index (χ0) is 12.8. The Bertz CT molecular complexity index is 532. The van der Waals surface area contributed by atoms with Crippen LogP contribution in [0.15, 0.2) is 36.5 Å². The van der Waals surface area contributed by atoms with Gasteiger partial charge in [-0.3, -0.25) is 9.78 Å². The number of ketones is 1. The van der Waals surface area contributed by atoms with E-state index in [0.717, 1.165) is 22.9 Å². The van der Waals surface area contributed by atoms with Crippen molar-refractivity contribution in [3.8, 4) is 0 Å². The number of benzene rings is 1. The Morgan fingerprint density at radius 1 is 1.28 bits per heavy atom. The van der Waals surface area contributed by atoms with Crippen LogP contribution in [-0.4, -0.2) is 24.5 Å². The van der Waals surface area contributed by atoms with Crippen LogP contribution in [0.25, 0.3) is 10.9 Å². The Morgan fingerprint density at radius 2 is 2.11 bits per heavy atom. The summed E-state index contributed by atoms with van der Waals surface area (Å²) in [6.07, 6.45) is 3.61. The second kappa shape index (κ2) is 6.26. The molecule has 18 heavy (non-hydrogen) atoms. The molecule has 2 aromatic rings. The van der Waals surface area contributed by atoms with E-state index < -0.39 is 0 Å². The lowest BCUT2D eigenvalue weighted by molar-refractivity contribution is -0.118. The van der Waals surface area contributed by atoms with Gasteiger partial charge in [0.2, 0.25) is 0 Å².